The predicted molar refractivity (Wildman–Crippen MR) is 96.2 cm³/mol. The Balaban J connectivity index is 1.40. The van der Waals surface area contributed by atoms with Gasteiger partial charge in [-0.05, 0) is 56.7 Å². The zero-order chi connectivity index (χ0) is 16.5. The van der Waals surface area contributed by atoms with Crippen molar-refractivity contribution < 1.29 is 4.79 Å². The maximum atomic E-state index is 12.7. The molecule has 0 unspecified atom stereocenters. The molecule has 1 aromatic heterocycles. The van der Waals surface area contributed by atoms with E-state index in [0.29, 0.717) is 5.91 Å². The van der Waals surface area contributed by atoms with Gasteiger partial charge in [0, 0.05) is 32.1 Å². The van der Waals surface area contributed by atoms with Gasteiger partial charge in [-0.15, -0.1) is 0 Å². The molecule has 0 atom stereocenters. The average molecular weight is 326 g/mol. The predicted octanol–water partition coefficient (Wildman–Crippen LogP) is 3.10. The third-order valence-electron chi connectivity index (χ3n) is 5.44. The van der Waals surface area contributed by atoms with Gasteiger partial charge in [-0.3, -0.25) is 4.79 Å². The Morgan fingerprint density at radius 3 is 2.62 bits per heavy atom. The number of nitrogens with one attached hydrogen (secondary N) is 1. The van der Waals surface area contributed by atoms with Gasteiger partial charge in [0.2, 0.25) is 11.9 Å². The van der Waals surface area contributed by atoms with Crippen molar-refractivity contribution in [2.75, 3.05) is 31.1 Å². The molecule has 2 aromatic rings. The van der Waals surface area contributed by atoms with Gasteiger partial charge in [0.15, 0.2) is 0 Å². The molecule has 4 rings (SSSR count). The SMILES string of the molecule is Cc1ccc2nc(N3CCC(C(=O)N4CCCCC4)CC3)[nH]c2c1. The van der Waals surface area contributed by atoms with Gasteiger partial charge in [-0.1, -0.05) is 6.07 Å². The lowest BCUT2D eigenvalue weighted by Gasteiger charge is -2.35. The summed E-state index contributed by atoms with van der Waals surface area (Å²) in [5.74, 6) is 1.53. The summed E-state index contributed by atoms with van der Waals surface area (Å²) in [5.41, 5.74) is 3.35. The number of rotatable bonds is 2. The first-order valence-corrected chi connectivity index (χ1v) is 9.21. The number of aromatic nitrogens is 2. The van der Waals surface area contributed by atoms with Crippen LogP contribution in [0.4, 0.5) is 5.95 Å². The molecule has 0 radical (unpaired) electrons. The van der Waals surface area contributed by atoms with Crippen molar-refractivity contribution in [1.29, 1.82) is 0 Å². The van der Waals surface area contributed by atoms with Crippen LogP contribution in [0.5, 0.6) is 0 Å². The van der Waals surface area contributed by atoms with E-state index in [2.05, 4.69) is 39.9 Å². The Morgan fingerprint density at radius 1 is 1.12 bits per heavy atom. The van der Waals surface area contributed by atoms with Gasteiger partial charge in [-0.25, -0.2) is 4.98 Å². The Morgan fingerprint density at radius 2 is 1.88 bits per heavy atom. The molecule has 1 aromatic carbocycles. The fourth-order valence-electron chi connectivity index (χ4n) is 3.97. The summed E-state index contributed by atoms with van der Waals surface area (Å²) < 4.78 is 0. The van der Waals surface area contributed by atoms with Gasteiger partial charge in [0.05, 0.1) is 11.0 Å². The molecule has 3 heterocycles. The van der Waals surface area contributed by atoms with E-state index >= 15 is 0 Å². The van der Waals surface area contributed by atoms with E-state index in [4.69, 9.17) is 4.98 Å². The first kappa shape index (κ1) is 15.5. The first-order chi connectivity index (χ1) is 11.7. The van der Waals surface area contributed by atoms with Crippen molar-refractivity contribution in [3.05, 3.63) is 23.8 Å². The molecule has 1 N–H and O–H groups in total. The minimum Gasteiger partial charge on any atom is -0.342 e. The van der Waals surface area contributed by atoms with Gasteiger partial charge in [-0.2, -0.15) is 0 Å². The van der Waals surface area contributed by atoms with E-state index in [-0.39, 0.29) is 5.92 Å². The number of hydrogen-bond acceptors (Lipinski definition) is 3. The van der Waals surface area contributed by atoms with E-state index in [1.165, 1.54) is 24.8 Å². The van der Waals surface area contributed by atoms with Gasteiger partial charge >= 0.3 is 0 Å². The highest BCUT2D eigenvalue weighted by atomic mass is 16.2. The fraction of sp³-hybridized carbons (Fsp3) is 0.579. The van der Waals surface area contributed by atoms with Crippen LogP contribution in [0.15, 0.2) is 18.2 Å². The number of H-pyrrole nitrogens is 1. The molecule has 2 aliphatic heterocycles. The number of amides is 1. The lowest BCUT2D eigenvalue weighted by atomic mass is 9.94. The highest BCUT2D eigenvalue weighted by molar-refractivity contribution is 5.80. The van der Waals surface area contributed by atoms with Crippen LogP contribution in [0.3, 0.4) is 0 Å². The second-order valence-electron chi connectivity index (χ2n) is 7.23. The molecule has 0 bridgehead atoms. The molecule has 0 spiro atoms. The van der Waals surface area contributed by atoms with Crippen LogP contribution in [0, 0.1) is 12.8 Å². The van der Waals surface area contributed by atoms with Gasteiger partial charge in [0.25, 0.3) is 0 Å². The van der Waals surface area contributed by atoms with Crippen LogP contribution >= 0.6 is 0 Å². The zero-order valence-corrected chi connectivity index (χ0v) is 14.4. The van der Waals surface area contributed by atoms with Crippen molar-refractivity contribution in [3.8, 4) is 0 Å². The molecule has 2 saturated heterocycles. The van der Waals surface area contributed by atoms with Crippen LogP contribution in [0.1, 0.15) is 37.7 Å². The largest absolute Gasteiger partial charge is 0.342 e. The number of benzene rings is 1. The molecular formula is C19H26N4O. The zero-order valence-electron chi connectivity index (χ0n) is 14.4. The number of aryl methyl sites for hydroxylation is 1. The van der Waals surface area contributed by atoms with Crippen LogP contribution < -0.4 is 4.90 Å². The van der Waals surface area contributed by atoms with Crippen LogP contribution in [0.2, 0.25) is 0 Å². The van der Waals surface area contributed by atoms with Gasteiger partial charge < -0.3 is 14.8 Å². The number of carbonyl (C=O) groups is 1. The van der Waals surface area contributed by atoms with Crippen molar-refractivity contribution in [2.24, 2.45) is 5.92 Å². The monoisotopic (exact) mass is 326 g/mol. The van der Waals surface area contributed by atoms with Crippen LogP contribution in [-0.2, 0) is 4.79 Å². The number of fused-ring (bicyclic) bond motifs is 1. The number of carbonyl (C=O) groups excluding carboxylic acids is 1. The average Bonchev–Trinajstić information content (AvgIpc) is 3.05. The summed E-state index contributed by atoms with van der Waals surface area (Å²) in [6, 6.07) is 6.30. The standard InChI is InChI=1S/C19H26N4O/c1-14-5-6-16-17(13-14)21-19(20-16)23-11-7-15(8-12-23)18(24)22-9-3-2-4-10-22/h5-6,13,15H,2-4,7-12H2,1H3,(H,20,21). The van der Waals surface area contributed by atoms with E-state index in [1.807, 2.05) is 0 Å². The molecule has 24 heavy (non-hydrogen) atoms. The third kappa shape index (κ3) is 2.99. The van der Waals surface area contributed by atoms with Crippen molar-refractivity contribution in [1.82, 2.24) is 14.9 Å². The molecule has 2 aliphatic rings. The summed E-state index contributed by atoms with van der Waals surface area (Å²) in [4.78, 5) is 25.2. The van der Waals surface area contributed by atoms with Crippen molar-refractivity contribution in [2.45, 2.75) is 39.0 Å². The molecule has 0 saturated carbocycles. The number of nitrogens with zero attached hydrogens (tertiary/aromatic N) is 3. The van der Waals surface area contributed by atoms with E-state index in [0.717, 1.165) is 56.0 Å². The Kier molecular flexibility index (Phi) is 4.17. The molecular weight excluding hydrogens is 300 g/mol. The molecule has 5 nitrogen and oxygen atoms in total. The minimum absolute atomic E-state index is 0.200. The maximum Gasteiger partial charge on any atom is 0.225 e. The minimum atomic E-state index is 0.200. The number of likely N-dealkylation sites (tertiary alicyclic amines) is 1. The van der Waals surface area contributed by atoms with Gasteiger partial charge in [0.1, 0.15) is 0 Å². The van der Waals surface area contributed by atoms with Crippen LogP contribution in [-0.4, -0.2) is 47.0 Å². The number of hydrogen-bond donors (Lipinski definition) is 1. The number of piperidine rings is 2. The van der Waals surface area contributed by atoms with E-state index in [9.17, 15) is 4.79 Å². The van der Waals surface area contributed by atoms with Crippen molar-refractivity contribution >= 4 is 22.9 Å². The molecule has 2 fully saturated rings. The quantitative estimate of drug-likeness (QED) is 0.922. The summed E-state index contributed by atoms with van der Waals surface area (Å²) in [6.07, 6.45) is 5.48. The summed E-state index contributed by atoms with van der Waals surface area (Å²) in [5, 5.41) is 0. The first-order valence-electron chi connectivity index (χ1n) is 9.21. The smallest absolute Gasteiger partial charge is 0.225 e. The second-order valence-corrected chi connectivity index (χ2v) is 7.23. The number of imidazole rings is 1. The summed E-state index contributed by atoms with van der Waals surface area (Å²) >= 11 is 0. The number of anilines is 1. The second kappa shape index (κ2) is 6.46. The normalized spacial score (nSPS) is 19.9. The van der Waals surface area contributed by atoms with Crippen LogP contribution in [0.25, 0.3) is 11.0 Å². The van der Waals surface area contributed by atoms with E-state index in [1.54, 1.807) is 0 Å². The fourth-order valence-corrected chi connectivity index (χ4v) is 3.97. The Hall–Kier alpha value is -2.04. The molecule has 0 aliphatic carbocycles. The third-order valence-corrected chi connectivity index (χ3v) is 5.44. The highest BCUT2D eigenvalue weighted by Gasteiger charge is 2.30. The lowest BCUT2D eigenvalue weighted by Crippen LogP contribution is -2.44. The summed E-state index contributed by atoms with van der Waals surface area (Å²) in [7, 11) is 0. The van der Waals surface area contributed by atoms with E-state index < -0.39 is 0 Å². The Labute approximate surface area is 143 Å². The summed E-state index contributed by atoms with van der Waals surface area (Å²) in [6.45, 7) is 5.83. The highest BCUT2D eigenvalue weighted by Crippen LogP contribution is 2.26. The molecule has 128 valence electrons. The van der Waals surface area contributed by atoms with Crippen molar-refractivity contribution in [3.63, 3.8) is 0 Å². The molecule has 1 amide bonds. The molecule has 5 heteroatoms. The number of aromatic amines is 1. The Bertz CT molecular complexity index is 724. The lowest BCUT2D eigenvalue weighted by molar-refractivity contribution is -0.137. The maximum absolute atomic E-state index is 12.7. The topological polar surface area (TPSA) is 52.2 Å².